The molecule has 2 rings (SSSR count). The molecule has 14 heavy (non-hydrogen) atoms. The normalized spacial score (nSPS) is 12.2. The van der Waals surface area contributed by atoms with Gasteiger partial charge in [0.2, 0.25) is 0 Å². The Morgan fingerprint density at radius 2 is 2.00 bits per heavy atom. The predicted molar refractivity (Wildman–Crippen MR) is 58.3 cm³/mol. The van der Waals surface area contributed by atoms with Crippen LogP contribution < -0.4 is 5.73 Å². The molecule has 0 aromatic carbocycles. The lowest BCUT2D eigenvalue weighted by Gasteiger charge is -2.17. The van der Waals surface area contributed by atoms with Crippen LogP contribution >= 0.6 is 0 Å². The first-order valence-electron chi connectivity index (χ1n) is 4.72. The lowest BCUT2D eigenvalue weighted by molar-refractivity contribution is 0.544. The maximum Gasteiger partial charge on any atom is 0.120 e. The summed E-state index contributed by atoms with van der Waals surface area (Å²) < 4.78 is 2.00. The molecule has 2 N–H and O–H groups in total. The molecule has 0 radical (unpaired) electrons. The van der Waals surface area contributed by atoms with Gasteiger partial charge < -0.3 is 5.73 Å². The van der Waals surface area contributed by atoms with Crippen molar-refractivity contribution in [2.75, 3.05) is 5.73 Å². The summed E-state index contributed by atoms with van der Waals surface area (Å²) >= 11 is 0. The Kier molecular flexibility index (Phi) is 1.77. The van der Waals surface area contributed by atoms with E-state index in [2.05, 4.69) is 25.8 Å². The summed E-state index contributed by atoms with van der Waals surface area (Å²) in [5, 5.41) is 0. The summed E-state index contributed by atoms with van der Waals surface area (Å²) in [7, 11) is 0. The van der Waals surface area contributed by atoms with Gasteiger partial charge >= 0.3 is 0 Å². The zero-order chi connectivity index (χ0) is 10.3. The zero-order valence-corrected chi connectivity index (χ0v) is 8.78. The van der Waals surface area contributed by atoms with E-state index in [-0.39, 0.29) is 5.41 Å². The van der Waals surface area contributed by atoms with Gasteiger partial charge in [-0.25, -0.2) is 4.98 Å². The molecule has 3 heteroatoms. The van der Waals surface area contributed by atoms with Gasteiger partial charge in [-0.15, -0.1) is 0 Å². The number of nitrogens with two attached hydrogens (primary N) is 1. The summed E-state index contributed by atoms with van der Waals surface area (Å²) in [6.07, 6.45) is 1.86. The highest BCUT2D eigenvalue weighted by molar-refractivity contribution is 5.53. The number of hydrogen-bond donors (Lipinski definition) is 1. The van der Waals surface area contributed by atoms with Crippen molar-refractivity contribution in [3.63, 3.8) is 0 Å². The van der Waals surface area contributed by atoms with E-state index >= 15 is 0 Å². The molecule has 2 heterocycles. The van der Waals surface area contributed by atoms with Gasteiger partial charge in [0.05, 0.1) is 11.7 Å². The minimum atomic E-state index is 0.0158. The Morgan fingerprint density at radius 1 is 1.29 bits per heavy atom. The number of anilines is 1. The number of pyridine rings is 1. The number of aromatic nitrogens is 2. The summed E-state index contributed by atoms with van der Waals surface area (Å²) in [5.74, 6) is 1.75. The first kappa shape index (κ1) is 9.06. The van der Waals surface area contributed by atoms with Gasteiger partial charge in [-0.1, -0.05) is 26.8 Å². The maximum atomic E-state index is 5.92. The molecule has 2 aromatic rings. The van der Waals surface area contributed by atoms with E-state index in [0.29, 0.717) is 0 Å². The van der Waals surface area contributed by atoms with Crippen LogP contribution in [0.5, 0.6) is 0 Å². The quantitative estimate of drug-likeness (QED) is 0.690. The molecule has 0 atom stereocenters. The Bertz CT molecular complexity index is 463. The van der Waals surface area contributed by atoms with Crippen LogP contribution in [0.4, 0.5) is 5.82 Å². The summed E-state index contributed by atoms with van der Waals surface area (Å²) in [5.41, 5.74) is 6.99. The average molecular weight is 189 g/mol. The fourth-order valence-electron chi connectivity index (χ4n) is 1.60. The third-order valence-corrected chi connectivity index (χ3v) is 2.25. The third kappa shape index (κ3) is 1.25. The fraction of sp³-hybridized carbons (Fsp3) is 0.364. The molecular weight excluding hydrogens is 174 g/mol. The van der Waals surface area contributed by atoms with Gasteiger partial charge in [-0.2, -0.15) is 0 Å². The van der Waals surface area contributed by atoms with E-state index in [1.807, 2.05) is 28.8 Å². The Morgan fingerprint density at radius 3 is 2.64 bits per heavy atom. The lowest BCUT2D eigenvalue weighted by Crippen LogP contribution is -2.17. The maximum absolute atomic E-state index is 5.92. The molecule has 0 unspecified atom stereocenters. The number of nitrogens with zero attached hydrogens (tertiary/aromatic N) is 2. The van der Waals surface area contributed by atoms with Gasteiger partial charge in [-0.05, 0) is 12.1 Å². The van der Waals surface area contributed by atoms with Gasteiger partial charge in [0, 0.05) is 5.41 Å². The number of imidazole rings is 1. The standard InChI is InChI=1S/C11H15N3/c1-11(2,3)10-13-7-8-5-4-6-9(12)14(8)10/h4-7H,12H2,1-3H3. The van der Waals surface area contributed by atoms with Crippen molar-refractivity contribution in [2.45, 2.75) is 26.2 Å². The van der Waals surface area contributed by atoms with Crippen molar-refractivity contribution in [3.05, 3.63) is 30.2 Å². The van der Waals surface area contributed by atoms with E-state index in [9.17, 15) is 0 Å². The average Bonchev–Trinajstić information content (AvgIpc) is 2.47. The predicted octanol–water partition coefficient (Wildman–Crippen LogP) is 2.21. The Hall–Kier alpha value is -1.51. The van der Waals surface area contributed by atoms with Crippen LogP contribution in [0.1, 0.15) is 26.6 Å². The topological polar surface area (TPSA) is 43.3 Å². The van der Waals surface area contributed by atoms with Gasteiger partial charge in [0.25, 0.3) is 0 Å². The molecule has 0 saturated carbocycles. The molecule has 0 aliphatic carbocycles. The molecular formula is C11H15N3. The van der Waals surface area contributed by atoms with E-state index < -0.39 is 0 Å². The monoisotopic (exact) mass is 189 g/mol. The molecule has 74 valence electrons. The Labute approximate surface area is 83.6 Å². The first-order chi connectivity index (χ1) is 6.50. The second-order valence-corrected chi connectivity index (χ2v) is 4.54. The molecule has 0 spiro atoms. The lowest BCUT2D eigenvalue weighted by atomic mass is 9.96. The minimum absolute atomic E-state index is 0.0158. The highest BCUT2D eigenvalue weighted by Crippen LogP contribution is 2.23. The molecule has 0 aliphatic heterocycles. The number of fused-ring (bicyclic) bond motifs is 1. The van der Waals surface area contributed by atoms with Gasteiger partial charge in [-0.3, -0.25) is 4.40 Å². The van der Waals surface area contributed by atoms with Crippen molar-refractivity contribution in [3.8, 4) is 0 Å². The summed E-state index contributed by atoms with van der Waals surface area (Å²) in [6, 6.07) is 5.85. The smallest absolute Gasteiger partial charge is 0.120 e. The van der Waals surface area contributed by atoms with Crippen molar-refractivity contribution >= 4 is 11.3 Å². The van der Waals surface area contributed by atoms with Crippen LogP contribution in [-0.2, 0) is 5.41 Å². The molecule has 2 aromatic heterocycles. The molecule has 0 amide bonds. The van der Waals surface area contributed by atoms with Crippen LogP contribution in [0.15, 0.2) is 24.4 Å². The summed E-state index contributed by atoms with van der Waals surface area (Å²) in [4.78, 5) is 4.41. The molecule has 0 saturated heterocycles. The van der Waals surface area contributed by atoms with Crippen LogP contribution in [0.25, 0.3) is 5.52 Å². The molecule has 0 fully saturated rings. The van der Waals surface area contributed by atoms with Gasteiger partial charge in [0.15, 0.2) is 0 Å². The summed E-state index contributed by atoms with van der Waals surface area (Å²) in [6.45, 7) is 6.40. The second-order valence-electron chi connectivity index (χ2n) is 4.54. The molecule has 0 aliphatic rings. The molecule has 3 nitrogen and oxygen atoms in total. The number of hydrogen-bond acceptors (Lipinski definition) is 2. The van der Waals surface area contributed by atoms with Gasteiger partial charge in [0.1, 0.15) is 11.6 Å². The largest absolute Gasteiger partial charge is 0.385 e. The van der Waals surface area contributed by atoms with Crippen molar-refractivity contribution in [2.24, 2.45) is 0 Å². The van der Waals surface area contributed by atoms with Crippen molar-refractivity contribution in [1.29, 1.82) is 0 Å². The first-order valence-corrected chi connectivity index (χ1v) is 4.72. The third-order valence-electron chi connectivity index (χ3n) is 2.25. The van der Waals surface area contributed by atoms with Crippen LogP contribution in [0.3, 0.4) is 0 Å². The second kappa shape index (κ2) is 2.74. The van der Waals surface area contributed by atoms with E-state index in [1.165, 1.54) is 0 Å². The van der Waals surface area contributed by atoms with Crippen molar-refractivity contribution in [1.82, 2.24) is 9.38 Å². The molecule has 0 bridgehead atoms. The SMILES string of the molecule is CC(C)(C)c1ncc2cccc(N)n12. The fourth-order valence-corrected chi connectivity index (χ4v) is 1.60. The highest BCUT2D eigenvalue weighted by atomic mass is 15.1. The van der Waals surface area contributed by atoms with E-state index in [1.54, 1.807) is 0 Å². The zero-order valence-electron chi connectivity index (χ0n) is 8.78. The van der Waals surface area contributed by atoms with Crippen LogP contribution in [-0.4, -0.2) is 9.38 Å². The minimum Gasteiger partial charge on any atom is -0.385 e. The van der Waals surface area contributed by atoms with Crippen LogP contribution in [0.2, 0.25) is 0 Å². The van der Waals surface area contributed by atoms with E-state index in [0.717, 1.165) is 17.2 Å². The van der Waals surface area contributed by atoms with E-state index in [4.69, 9.17) is 5.73 Å². The Balaban J connectivity index is 2.80. The number of nitrogen functional groups attached to an aromatic ring is 1. The number of rotatable bonds is 0. The van der Waals surface area contributed by atoms with Crippen molar-refractivity contribution < 1.29 is 0 Å². The van der Waals surface area contributed by atoms with Crippen LogP contribution in [0, 0.1) is 0 Å². The highest BCUT2D eigenvalue weighted by Gasteiger charge is 2.20.